The second-order valence-electron chi connectivity index (χ2n) is 7.83. The molecule has 3 rings (SSSR count). The number of hydrogen-bond donors (Lipinski definition) is 2. The van der Waals surface area contributed by atoms with Crippen LogP contribution in [0.5, 0.6) is 5.75 Å². The van der Waals surface area contributed by atoms with Gasteiger partial charge in [-0.1, -0.05) is 30.6 Å². The van der Waals surface area contributed by atoms with Gasteiger partial charge in [-0.25, -0.2) is 4.98 Å². The van der Waals surface area contributed by atoms with Crippen LogP contribution >= 0.6 is 11.6 Å². The van der Waals surface area contributed by atoms with Crippen LogP contribution in [0.15, 0.2) is 28.8 Å². The van der Waals surface area contributed by atoms with Gasteiger partial charge in [-0.3, -0.25) is 0 Å². The standard InChI is InChI=1S/C22H27ClN4O3/c1-12(2)5-17-8-16(9-19(23)25-17)22-26-21(27-30-22)15-6-13(3)20(14(4)7-15)29-11-18(28)10-24/h6-9,12,18,28H,5,10-11,24H2,1-4H3. The lowest BCUT2D eigenvalue weighted by Gasteiger charge is -2.15. The first-order valence-corrected chi connectivity index (χ1v) is 10.3. The maximum Gasteiger partial charge on any atom is 0.258 e. The number of pyridine rings is 1. The summed E-state index contributed by atoms with van der Waals surface area (Å²) in [6.45, 7) is 8.42. The van der Waals surface area contributed by atoms with Gasteiger partial charge in [-0.05, 0) is 61.6 Å². The van der Waals surface area contributed by atoms with E-state index in [0.29, 0.717) is 28.5 Å². The van der Waals surface area contributed by atoms with E-state index >= 15 is 0 Å². The summed E-state index contributed by atoms with van der Waals surface area (Å²) in [6, 6.07) is 7.50. The molecule has 1 unspecified atom stereocenters. The first kappa shape index (κ1) is 22.2. The van der Waals surface area contributed by atoms with Gasteiger partial charge in [0.05, 0.1) is 0 Å². The Kier molecular flexibility index (Phi) is 7.07. The quantitative estimate of drug-likeness (QED) is 0.520. The smallest absolute Gasteiger partial charge is 0.258 e. The molecule has 7 nitrogen and oxygen atoms in total. The van der Waals surface area contributed by atoms with Gasteiger partial charge in [-0.15, -0.1) is 0 Å². The normalized spacial score (nSPS) is 12.4. The summed E-state index contributed by atoms with van der Waals surface area (Å²) in [7, 11) is 0. The number of nitrogens with zero attached hydrogens (tertiary/aromatic N) is 3. The van der Waals surface area contributed by atoms with Crippen molar-refractivity contribution in [1.29, 1.82) is 0 Å². The van der Waals surface area contributed by atoms with Crippen molar-refractivity contribution in [3.05, 3.63) is 46.2 Å². The molecular formula is C22H27ClN4O3. The fourth-order valence-corrected chi connectivity index (χ4v) is 3.44. The van der Waals surface area contributed by atoms with E-state index in [2.05, 4.69) is 29.0 Å². The van der Waals surface area contributed by atoms with Crippen LogP contribution in [0.2, 0.25) is 5.15 Å². The van der Waals surface area contributed by atoms with Crippen LogP contribution in [0.25, 0.3) is 22.8 Å². The van der Waals surface area contributed by atoms with E-state index in [9.17, 15) is 5.11 Å². The highest BCUT2D eigenvalue weighted by Crippen LogP contribution is 2.31. The molecule has 0 radical (unpaired) electrons. The van der Waals surface area contributed by atoms with Crippen molar-refractivity contribution in [3.63, 3.8) is 0 Å². The van der Waals surface area contributed by atoms with Gasteiger partial charge in [-0.2, -0.15) is 4.98 Å². The zero-order valence-electron chi connectivity index (χ0n) is 17.6. The first-order valence-electron chi connectivity index (χ1n) is 9.90. The molecule has 3 aromatic rings. The molecule has 0 saturated heterocycles. The molecule has 0 aliphatic carbocycles. The lowest BCUT2D eigenvalue weighted by molar-refractivity contribution is 0.113. The molecule has 2 aromatic heterocycles. The molecule has 0 spiro atoms. The number of ether oxygens (including phenoxy) is 1. The summed E-state index contributed by atoms with van der Waals surface area (Å²) < 4.78 is 11.2. The Hall–Kier alpha value is -2.48. The third kappa shape index (κ3) is 5.36. The number of hydrogen-bond acceptors (Lipinski definition) is 7. The Morgan fingerprint density at radius 1 is 1.10 bits per heavy atom. The van der Waals surface area contributed by atoms with Crippen LogP contribution in [0.1, 0.15) is 30.7 Å². The van der Waals surface area contributed by atoms with Gasteiger partial charge in [0.25, 0.3) is 5.89 Å². The molecular weight excluding hydrogens is 404 g/mol. The van der Waals surface area contributed by atoms with E-state index in [-0.39, 0.29) is 13.2 Å². The maximum absolute atomic E-state index is 9.64. The predicted octanol–water partition coefficient (Wildman–Crippen LogP) is 3.97. The molecule has 3 N–H and O–H groups in total. The Morgan fingerprint density at radius 3 is 2.43 bits per heavy atom. The Morgan fingerprint density at radius 2 is 1.80 bits per heavy atom. The first-order chi connectivity index (χ1) is 14.3. The van der Waals surface area contributed by atoms with Crippen LogP contribution in [0.3, 0.4) is 0 Å². The predicted molar refractivity (Wildman–Crippen MR) is 117 cm³/mol. The monoisotopic (exact) mass is 430 g/mol. The minimum absolute atomic E-state index is 0.144. The topological polar surface area (TPSA) is 107 Å². The molecule has 0 aliphatic rings. The largest absolute Gasteiger partial charge is 0.490 e. The number of benzene rings is 1. The Labute approximate surface area is 181 Å². The number of nitrogens with two attached hydrogens (primary N) is 1. The SMILES string of the molecule is Cc1cc(-c2noc(-c3cc(Cl)nc(CC(C)C)c3)n2)cc(C)c1OCC(O)CN. The van der Waals surface area contributed by atoms with Crippen molar-refractivity contribution in [2.75, 3.05) is 13.2 Å². The minimum Gasteiger partial charge on any atom is -0.490 e. The summed E-state index contributed by atoms with van der Waals surface area (Å²) in [5.74, 6) is 2.04. The van der Waals surface area contributed by atoms with E-state index in [1.807, 2.05) is 32.0 Å². The summed E-state index contributed by atoms with van der Waals surface area (Å²) in [5.41, 5.74) is 9.70. The van der Waals surface area contributed by atoms with E-state index in [4.69, 9.17) is 26.6 Å². The molecule has 0 saturated carbocycles. The van der Waals surface area contributed by atoms with Crippen molar-refractivity contribution >= 4 is 11.6 Å². The number of aliphatic hydroxyl groups is 1. The fourth-order valence-electron chi connectivity index (χ4n) is 3.21. The van der Waals surface area contributed by atoms with Gasteiger partial charge in [0.2, 0.25) is 5.82 Å². The average Bonchev–Trinajstić information content (AvgIpc) is 3.16. The van der Waals surface area contributed by atoms with Gasteiger partial charge in [0.1, 0.15) is 23.6 Å². The Bertz CT molecular complexity index is 996. The van der Waals surface area contributed by atoms with Crippen LogP contribution in [0, 0.1) is 19.8 Å². The highest BCUT2D eigenvalue weighted by molar-refractivity contribution is 6.29. The third-order valence-corrected chi connectivity index (χ3v) is 4.74. The van der Waals surface area contributed by atoms with E-state index in [1.165, 1.54) is 0 Å². The molecule has 30 heavy (non-hydrogen) atoms. The number of halogens is 1. The minimum atomic E-state index is -0.698. The summed E-state index contributed by atoms with van der Waals surface area (Å²) in [5, 5.41) is 14.2. The Balaban J connectivity index is 1.87. The number of aromatic nitrogens is 3. The second kappa shape index (κ2) is 9.55. The van der Waals surface area contributed by atoms with E-state index in [1.54, 1.807) is 6.07 Å². The zero-order chi connectivity index (χ0) is 21.8. The molecule has 1 aromatic carbocycles. The fraction of sp³-hybridized carbons (Fsp3) is 0.409. The summed E-state index contributed by atoms with van der Waals surface area (Å²) in [6.07, 6.45) is 0.115. The molecule has 1 atom stereocenters. The van der Waals surface area contributed by atoms with Gasteiger partial charge < -0.3 is 20.1 Å². The molecule has 2 heterocycles. The molecule has 0 fully saturated rings. The van der Waals surface area contributed by atoms with E-state index < -0.39 is 6.10 Å². The van der Waals surface area contributed by atoms with Crippen molar-refractivity contribution in [2.24, 2.45) is 11.7 Å². The maximum atomic E-state index is 9.64. The molecule has 0 aliphatic heterocycles. The lowest BCUT2D eigenvalue weighted by Crippen LogP contribution is -2.26. The van der Waals surface area contributed by atoms with Crippen LogP contribution in [-0.2, 0) is 6.42 Å². The molecule has 8 heteroatoms. The average molecular weight is 431 g/mol. The van der Waals surface area contributed by atoms with Crippen LogP contribution in [0.4, 0.5) is 0 Å². The summed E-state index contributed by atoms with van der Waals surface area (Å²) >= 11 is 6.19. The van der Waals surface area contributed by atoms with Gasteiger partial charge in [0, 0.05) is 23.4 Å². The van der Waals surface area contributed by atoms with Crippen molar-refractivity contribution in [2.45, 2.75) is 40.2 Å². The highest BCUT2D eigenvalue weighted by Gasteiger charge is 2.16. The van der Waals surface area contributed by atoms with Gasteiger partial charge >= 0.3 is 0 Å². The number of aryl methyl sites for hydroxylation is 2. The van der Waals surface area contributed by atoms with Crippen molar-refractivity contribution in [1.82, 2.24) is 15.1 Å². The molecule has 0 bridgehead atoms. The van der Waals surface area contributed by atoms with Crippen LogP contribution < -0.4 is 10.5 Å². The van der Waals surface area contributed by atoms with Crippen molar-refractivity contribution < 1.29 is 14.4 Å². The van der Waals surface area contributed by atoms with E-state index in [0.717, 1.165) is 34.4 Å². The highest BCUT2D eigenvalue weighted by atomic mass is 35.5. The van der Waals surface area contributed by atoms with Crippen molar-refractivity contribution in [3.8, 4) is 28.6 Å². The van der Waals surface area contributed by atoms with Crippen LogP contribution in [-0.4, -0.2) is 39.5 Å². The van der Waals surface area contributed by atoms with Gasteiger partial charge in [0.15, 0.2) is 0 Å². The lowest BCUT2D eigenvalue weighted by atomic mass is 10.0. The number of rotatable bonds is 8. The summed E-state index contributed by atoms with van der Waals surface area (Å²) in [4.78, 5) is 8.92. The molecule has 0 amide bonds. The zero-order valence-corrected chi connectivity index (χ0v) is 18.4. The number of aliphatic hydroxyl groups excluding tert-OH is 1. The second-order valence-corrected chi connectivity index (χ2v) is 8.22. The molecule has 160 valence electrons. The third-order valence-electron chi connectivity index (χ3n) is 4.55.